The van der Waals surface area contributed by atoms with Crippen molar-refractivity contribution in [1.29, 1.82) is 0 Å². The fourth-order valence-electron chi connectivity index (χ4n) is 1.86. The van der Waals surface area contributed by atoms with Crippen LogP contribution in [0.1, 0.15) is 30.9 Å². The molecule has 1 aliphatic rings. The molecule has 0 heterocycles. The van der Waals surface area contributed by atoms with Gasteiger partial charge in [-0.05, 0) is 17.0 Å². The summed E-state index contributed by atoms with van der Waals surface area (Å²) < 4.78 is 0. The maximum atomic E-state index is 2.45. The second-order valence-corrected chi connectivity index (χ2v) is 22.8. The van der Waals surface area contributed by atoms with Gasteiger partial charge in [0.15, 0.2) is 0 Å². The van der Waals surface area contributed by atoms with Crippen molar-refractivity contribution in [2.24, 2.45) is 5.92 Å². The van der Waals surface area contributed by atoms with Crippen LogP contribution < -0.4 is 0 Å². The van der Waals surface area contributed by atoms with Crippen molar-refractivity contribution in [1.82, 2.24) is 0 Å². The number of halogens is 2. The van der Waals surface area contributed by atoms with Crippen LogP contribution in [0.3, 0.4) is 0 Å². The van der Waals surface area contributed by atoms with E-state index in [1.807, 2.05) is 0 Å². The zero-order chi connectivity index (χ0) is 11.3. The summed E-state index contributed by atoms with van der Waals surface area (Å²) in [6.07, 6.45) is 4.55. The SMILES string of the molecule is CC(C)C1C=Cc2ccccc21.[I][Zr][I]. The first kappa shape index (κ1) is 14.4. The van der Waals surface area contributed by atoms with Gasteiger partial charge >= 0.3 is 50.9 Å². The molecule has 0 spiro atoms. The van der Waals surface area contributed by atoms with Gasteiger partial charge in [-0.1, -0.05) is 50.3 Å². The van der Waals surface area contributed by atoms with E-state index in [1.165, 1.54) is 11.1 Å². The summed E-state index contributed by atoms with van der Waals surface area (Å²) in [5, 5.41) is 0. The molecule has 2 rings (SSSR count). The molecule has 15 heavy (non-hydrogen) atoms. The first-order valence-corrected chi connectivity index (χ1v) is 19.6. The number of fused-ring (bicyclic) bond motifs is 1. The van der Waals surface area contributed by atoms with Crippen LogP contribution in [0.15, 0.2) is 30.3 Å². The van der Waals surface area contributed by atoms with Gasteiger partial charge in [-0.15, -0.1) is 0 Å². The topological polar surface area (TPSA) is 0 Å². The van der Waals surface area contributed by atoms with Crippen LogP contribution in [-0.4, -0.2) is 0 Å². The second-order valence-electron chi connectivity index (χ2n) is 3.83. The Morgan fingerprint density at radius 2 is 1.80 bits per heavy atom. The van der Waals surface area contributed by atoms with E-state index in [4.69, 9.17) is 0 Å². The van der Waals surface area contributed by atoms with Crippen LogP contribution in [0.4, 0.5) is 0 Å². The van der Waals surface area contributed by atoms with Crippen molar-refractivity contribution in [3.63, 3.8) is 0 Å². The Labute approximate surface area is 122 Å². The predicted octanol–water partition coefficient (Wildman–Crippen LogP) is 5.22. The minimum atomic E-state index is 0.170. The summed E-state index contributed by atoms with van der Waals surface area (Å²) in [7, 11) is 0. The van der Waals surface area contributed by atoms with Crippen molar-refractivity contribution in [2.75, 3.05) is 0 Å². The van der Waals surface area contributed by atoms with Gasteiger partial charge < -0.3 is 0 Å². The third-order valence-corrected chi connectivity index (χ3v) is 2.56. The Morgan fingerprint density at radius 3 is 2.40 bits per heavy atom. The van der Waals surface area contributed by atoms with Crippen LogP contribution in [0.2, 0.25) is 0 Å². The minimum absolute atomic E-state index is 0.170. The summed E-state index contributed by atoms with van der Waals surface area (Å²) in [6.45, 7) is 4.55. The molecule has 0 bridgehead atoms. The van der Waals surface area contributed by atoms with Crippen molar-refractivity contribution in [3.05, 3.63) is 41.5 Å². The Bertz CT molecular complexity index is 334. The molecule has 0 aliphatic heterocycles. The molecule has 3 heteroatoms. The molecule has 0 saturated carbocycles. The van der Waals surface area contributed by atoms with Gasteiger partial charge in [0.2, 0.25) is 0 Å². The average Bonchev–Trinajstić information content (AvgIpc) is 2.62. The van der Waals surface area contributed by atoms with Crippen molar-refractivity contribution >= 4 is 42.2 Å². The van der Waals surface area contributed by atoms with Gasteiger partial charge in [-0.3, -0.25) is 0 Å². The quantitative estimate of drug-likeness (QED) is 0.462. The Kier molecular flexibility index (Phi) is 7.27. The summed E-state index contributed by atoms with van der Waals surface area (Å²) >= 11 is 5.06. The molecule has 1 aliphatic carbocycles. The molecule has 1 unspecified atom stereocenters. The maximum absolute atomic E-state index is 2.45. The molecule has 0 amide bonds. The molecule has 0 aromatic heterocycles. The molecular formula is C12H14I2Zr. The number of rotatable bonds is 1. The Morgan fingerprint density at radius 1 is 1.20 bits per heavy atom. The Balaban J connectivity index is 0.000000337. The standard InChI is InChI=1S/C12H14.2HI.Zr/c1-9(2)11-8-7-10-5-3-4-6-12(10)11;;;/h3-9,11H,1-2H3;2*1H;/q;;;+2/p-2. The predicted molar refractivity (Wildman–Crippen MR) is 81.1 cm³/mol. The van der Waals surface area contributed by atoms with E-state index in [1.54, 1.807) is 0 Å². The van der Waals surface area contributed by atoms with E-state index in [-0.39, 0.29) is 14.9 Å². The van der Waals surface area contributed by atoms with Gasteiger partial charge in [0.05, 0.1) is 0 Å². The summed E-state index contributed by atoms with van der Waals surface area (Å²) in [5.41, 5.74) is 2.89. The number of benzene rings is 1. The van der Waals surface area contributed by atoms with E-state index in [2.05, 4.69) is 86.4 Å². The Hall–Kier alpha value is 1.30. The molecule has 0 radical (unpaired) electrons. The average molecular weight is 503 g/mol. The number of hydrogen-bond acceptors (Lipinski definition) is 0. The molecule has 1 atom stereocenters. The van der Waals surface area contributed by atoms with Gasteiger partial charge in [0, 0.05) is 5.92 Å². The fourth-order valence-corrected chi connectivity index (χ4v) is 1.86. The molecular weight excluding hydrogens is 489 g/mol. The van der Waals surface area contributed by atoms with E-state index >= 15 is 0 Å². The molecule has 0 N–H and O–H groups in total. The first-order chi connectivity index (χ1) is 7.20. The van der Waals surface area contributed by atoms with Crippen LogP contribution in [0, 0.1) is 5.92 Å². The van der Waals surface area contributed by atoms with Gasteiger partial charge in [0.25, 0.3) is 0 Å². The summed E-state index contributed by atoms with van der Waals surface area (Å²) in [6, 6.07) is 8.65. The monoisotopic (exact) mass is 502 g/mol. The fraction of sp³-hybridized carbons (Fsp3) is 0.333. The van der Waals surface area contributed by atoms with Crippen LogP contribution in [-0.2, 0) is 14.9 Å². The van der Waals surface area contributed by atoms with Crippen LogP contribution in [0.5, 0.6) is 0 Å². The third kappa shape index (κ3) is 4.23. The summed E-state index contributed by atoms with van der Waals surface area (Å²) in [5.74, 6) is 1.35. The van der Waals surface area contributed by atoms with Crippen molar-refractivity contribution in [2.45, 2.75) is 19.8 Å². The molecule has 80 valence electrons. The van der Waals surface area contributed by atoms with Crippen LogP contribution >= 0.6 is 36.1 Å². The zero-order valence-electron chi connectivity index (χ0n) is 8.87. The second kappa shape index (κ2) is 7.59. The normalized spacial score (nSPS) is 17.0. The molecule has 0 saturated heterocycles. The third-order valence-electron chi connectivity index (χ3n) is 2.56. The summed E-state index contributed by atoms with van der Waals surface area (Å²) in [4.78, 5) is 0. The van der Waals surface area contributed by atoms with E-state index in [9.17, 15) is 0 Å². The van der Waals surface area contributed by atoms with E-state index in [0.29, 0.717) is 11.8 Å². The van der Waals surface area contributed by atoms with Crippen LogP contribution in [0.25, 0.3) is 6.08 Å². The van der Waals surface area contributed by atoms with Gasteiger partial charge in [0.1, 0.15) is 0 Å². The van der Waals surface area contributed by atoms with Crippen molar-refractivity contribution in [3.8, 4) is 0 Å². The molecule has 1 aromatic carbocycles. The number of allylic oxidation sites excluding steroid dienone is 1. The molecule has 0 fully saturated rings. The van der Waals surface area contributed by atoms with E-state index < -0.39 is 0 Å². The van der Waals surface area contributed by atoms with Crippen molar-refractivity contribution < 1.29 is 14.9 Å². The number of hydrogen-bond donors (Lipinski definition) is 0. The van der Waals surface area contributed by atoms with Gasteiger partial charge in [-0.25, -0.2) is 0 Å². The molecule has 0 nitrogen and oxygen atoms in total. The zero-order valence-corrected chi connectivity index (χ0v) is 15.6. The first-order valence-electron chi connectivity index (χ1n) is 4.94. The van der Waals surface area contributed by atoms with E-state index in [0.717, 1.165) is 0 Å². The molecule has 1 aromatic rings. The van der Waals surface area contributed by atoms with Gasteiger partial charge in [-0.2, -0.15) is 0 Å².